The van der Waals surface area contributed by atoms with E-state index in [1.807, 2.05) is 0 Å². The first-order valence-corrected chi connectivity index (χ1v) is 7.52. The van der Waals surface area contributed by atoms with Gasteiger partial charge in [-0.05, 0) is 25.1 Å². The Hall–Kier alpha value is -2.00. The van der Waals surface area contributed by atoms with Crippen molar-refractivity contribution >= 4 is 21.9 Å². The summed E-state index contributed by atoms with van der Waals surface area (Å²) in [6.07, 6.45) is 0. The van der Waals surface area contributed by atoms with Gasteiger partial charge >= 0.3 is 5.97 Å². The average Bonchev–Trinajstić information content (AvgIpc) is 2.80. The number of carbonyl (C=O) groups excluding carboxylic acids is 1. The van der Waals surface area contributed by atoms with Gasteiger partial charge in [-0.25, -0.2) is 17.6 Å². The quantitative estimate of drug-likeness (QED) is 0.864. The Morgan fingerprint density at radius 2 is 2.10 bits per heavy atom. The van der Waals surface area contributed by atoms with Crippen molar-refractivity contribution in [1.82, 2.24) is 9.21 Å². The Morgan fingerprint density at radius 1 is 1.43 bits per heavy atom. The van der Waals surface area contributed by atoms with Crippen molar-refractivity contribution in [2.24, 2.45) is 0 Å². The summed E-state index contributed by atoms with van der Waals surface area (Å²) in [5, 5.41) is 8.74. The molecule has 0 aromatic heterocycles. The largest absolute Gasteiger partial charge is 0.478 e. The molecule has 9 heteroatoms. The summed E-state index contributed by atoms with van der Waals surface area (Å²) in [5.74, 6) is -2.87. The normalized spacial score (nSPS) is 16.5. The molecule has 114 valence electrons. The molecule has 0 radical (unpaired) electrons. The minimum absolute atomic E-state index is 0.141. The van der Waals surface area contributed by atoms with Gasteiger partial charge in [-0.3, -0.25) is 4.79 Å². The molecule has 0 atom stereocenters. The smallest absolute Gasteiger partial charge is 0.335 e. The zero-order valence-electron chi connectivity index (χ0n) is 11.1. The number of aromatic carboxylic acids is 1. The van der Waals surface area contributed by atoms with Crippen molar-refractivity contribution in [3.05, 3.63) is 29.6 Å². The van der Waals surface area contributed by atoms with Gasteiger partial charge in [0.05, 0.1) is 18.8 Å². The molecule has 0 unspecified atom stereocenters. The van der Waals surface area contributed by atoms with Crippen LogP contribution in [0.15, 0.2) is 23.1 Å². The Morgan fingerprint density at radius 3 is 2.57 bits per heavy atom. The van der Waals surface area contributed by atoms with Gasteiger partial charge in [0.1, 0.15) is 10.7 Å². The number of rotatable bonds is 4. The Balaban J connectivity index is 2.37. The first-order chi connectivity index (χ1) is 9.77. The third-order valence-electron chi connectivity index (χ3n) is 3.17. The molecule has 21 heavy (non-hydrogen) atoms. The van der Waals surface area contributed by atoms with Crippen LogP contribution in [-0.4, -0.2) is 54.4 Å². The molecule has 0 bridgehead atoms. The second-order valence-corrected chi connectivity index (χ2v) is 6.36. The zero-order chi connectivity index (χ0) is 15.8. The Kier molecular flexibility index (Phi) is 3.97. The number of hydrogen-bond donors (Lipinski definition) is 1. The maximum Gasteiger partial charge on any atom is 0.335 e. The van der Waals surface area contributed by atoms with E-state index in [0.29, 0.717) is 12.6 Å². The van der Waals surface area contributed by atoms with Crippen LogP contribution in [0.5, 0.6) is 0 Å². The second kappa shape index (κ2) is 5.41. The fourth-order valence-electron chi connectivity index (χ4n) is 1.99. The molecule has 1 N–H and O–H groups in total. The highest BCUT2D eigenvalue weighted by Gasteiger charge is 2.37. The van der Waals surface area contributed by atoms with E-state index in [4.69, 9.17) is 5.11 Å². The average molecular weight is 316 g/mol. The first kappa shape index (κ1) is 15.4. The van der Waals surface area contributed by atoms with E-state index in [1.54, 1.807) is 6.92 Å². The number of carboxylic acids is 1. The topological polar surface area (TPSA) is 95.0 Å². The summed E-state index contributed by atoms with van der Waals surface area (Å²) in [5.41, 5.74) is -0.348. The van der Waals surface area contributed by atoms with E-state index in [-0.39, 0.29) is 24.7 Å². The van der Waals surface area contributed by atoms with Gasteiger partial charge in [-0.1, -0.05) is 0 Å². The second-order valence-electron chi connectivity index (χ2n) is 4.46. The fourth-order valence-corrected chi connectivity index (χ4v) is 3.38. The fraction of sp³-hybridized carbons (Fsp3) is 0.333. The number of likely N-dealkylation sites (N-methyl/N-ethyl adjacent to an activating group) is 1. The van der Waals surface area contributed by atoms with E-state index >= 15 is 0 Å². The molecule has 1 aliphatic heterocycles. The van der Waals surface area contributed by atoms with Gasteiger partial charge in [0.2, 0.25) is 15.9 Å². The highest BCUT2D eigenvalue weighted by atomic mass is 32.2. The van der Waals surface area contributed by atoms with Gasteiger partial charge in [0.25, 0.3) is 0 Å². The maximum atomic E-state index is 13.9. The molecule has 1 fully saturated rings. The van der Waals surface area contributed by atoms with E-state index in [1.165, 1.54) is 4.90 Å². The van der Waals surface area contributed by atoms with Crippen LogP contribution in [0, 0.1) is 5.82 Å². The Labute approximate surface area is 120 Å². The monoisotopic (exact) mass is 316 g/mol. The highest BCUT2D eigenvalue weighted by molar-refractivity contribution is 7.89. The van der Waals surface area contributed by atoms with Crippen LogP contribution in [0.3, 0.4) is 0 Å². The molecule has 1 heterocycles. The predicted molar refractivity (Wildman–Crippen MR) is 69.5 cm³/mol. The molecule has 0 saturated carbocycles. The summed E-state index contributed by atoms with van der Waals surface area (Å²) >= 11 is 0. The summed E-state index contributed by atoms with van der Waals surface area (Å²) in [7, 11) is -4.18. The molecule has 1 aliphatic rings. The van der Waals surface area contributed by atoms with Crippen molar-refractivity contribution in [1.29, 1.82) is 0 Å². The van der Waals surface area contributed by atoms with E-state index in [2.05, 4.69) is 0 Å². The number of sulfonamides is 1. The van der Waals surface area contributed by atoms with Gasteiger partial charge in [0, 0.05) is 6.54 Å². The lowest BCUT2D eigenvalue weighted by Crippen LogP contribution is -2.31. The number of nitrogens with zero attached hydrogens (tertiary/aromatic N) is 2. The van der Waals surface area contributed by atoms with Crippen molar-refractivity contribution in [3.8, 4) is 0 Å². The zero-order valence-corrected chi connectivity index (χ0v) is 11.9. The Bertz CT molecular complexity index is 704. The number of carbonyl (C=O) groups is 2. The van der Waals surface area contributed by atoms with Crippen LogP contribution < -0.4 is 0 Å². The third-order valence-corrected chi connectivity index (χ3v) is 4.98. The van der Waals surface area contributed by atoms with Crippen LogP contribution in [0.1, 0.15) is 17.3 Å². The van der Waals surface area contributed by atoms with Crippen LogP contribution in [-0.2, 0) is 14.8 Å². The summed E-state index contributed by atoms with van der Waals surface area (Å²) in [6.45, 7) is 1.57. The third kappa shape index (κ3) is 2.74. The first-order valence-electron chi connectivity index (χ1n) is 6.08. The lowest BCUT2D eigenvalue weighted by Gasteiger charge is -2.17. The molecule has 1 aromatic carbocycles. The molecule has 2 rings (SSSR count). The van der Waals surface area contributed by atoms with E-state index in [9.17, 15) is 22.4 Å². The summed E-state index contributed by atoms with van der Waals surface area (Å²) < 4.78 is 39.3. The van der Waals surface area contributed by atoms with Gasteiger partial charge in [-0.15, -0.1) is 0 Å². The molecule has 1 amide bonds. The van der Waals surface area contributed by atoms with Crippen LogP contribution in [0.4, 0.5) is 4.39 Å². The van der Waals surface area contributed by atoms with Crippen LogP contribution >= 0.6 is 0 Å². The summed E-state index contributed by atoms with van der Waals surface area (Å²) in [6, 6.07) is 2.55. The molecular weight excluding hydrogens is 303 g/mol. The SMILES string of the molecule is CCN1CN(S(=O)(=O)c2ccc(C(=O)O)cc2F)CC1=O. The van der Waals surface area contributed by atoms with Crippen molar-refractivity contribution in [2.45, 2.75) is 11.8 Å². The number of halogens is 1. The number of carboxylic acid groups (broad SMARTS) is 1. The lowest BCUT2D eigenvalue weighted by molar-refractivity contribution is -0.126. The minimum atomic E-state index is -4.18. The van der Waals surface area contributed by atoms with Crippen LogP contribution in [0.2, 0.25) is 0 Å². The van der Waals surface area contributed by atoms with Crippen molar-refractivity contribution in [3.63, 3.8) is 0 Å². The van der Waals surface area contributed by atoms with Crippen LogP contribution in [0.25, 0.3) is 0 Å². The van der Waals surface area contributed by atoms with Gasteiger partial charge in [0.15, 0.2) is 0 Å². The van der Waals surface area contributed by atoms with Gasteiger partial charge in [-0.2, -0.15) is 4.31 Å². The molecular formula is C12H13FN2O5S. The highest BCUT2D eigenvalue weighted by Crippen LogP contribution is 2.23. The van der Waals surface area contributed by atoms with E-state index < -0.39 is 26.7 Å². The number of benzene rings is 1. The molecule has 7 nitrogen and oxygen atoms in total. The van der Waals surface area contributed by atoms with Crippen molar-refractivity contribution in [2.75, 3.05) is 19.8 Å². The minimum Gasteiger partial charge on any atom is -0.478 e. The molecule has 0 spiro atoms. The van der Waals surface area contributed by atoms with Gasteiger partial charge < -0.3 is 10.0 Å². The van der Waals surface area contributed by atoms with E-state index in [0.717, 1.165) is 16.4 Å². The van der Waals surface area contributed by atoms with Crippen molar-refractivity contribution < 1.29 is 27.5 Å². The molecule has 1 saturated heterocycles. The maximum absolute atomic E-state index is 13.9. The number of amides is 1. The summed E-state index contributed by atoms with van der Waals surface area (Å²) in [4.78, 5) is 23.0. The molecule has 0 aliphatic carbocycles. The predicted octanol–water partition coefficient (Wildman–Crippen LogP) is 0.334. The standard InChI is InChI=1S/C12H13FN2O5S/c1-2-14-7-15(6-11(14)16)21(19,20)10-4-3-8(12(17)18)5-9(10)13/h3-5H,2,6-7H2,1H3,(H,17,18). The molecule has 1 aromatic rings. The number of hydrogen-bond acceptors (Lipinski definition) is 4. The lowest BCUT2D eigenvalue weighted by atomic mass is 10.2.